The molecule has 2 heterocycles. The topological polar surface area (TPSA) is 161 Å². The molecule has 3 rings (SSSR count). The second-order valence-corrected chi connectivity index (χ2v) is 9.85. The number of hydrogen-bond acceptors (Lipinski definition) is 11. The van der Waals surface area contributed by atoms with Crippen LogP contribution in [0.2, 0.25) is 0 Å². The zero-order valence-corrected chi connectivity index (χ0v) is 20.6. The molecule has 1 aromatic heterocycles. The van der Waals surface area contributed by atoms with E-state index in [9.17, 15) is 22.8 Å². The molecule has 0 atom stereocenters. The van der Waals surface area contributed by atoms with E-state index < -0.39 is 22.6 Å². The molecular formula is C21H27N5O7S2. The third-order valence-corrected chi connectivity index (χ3v) is 7.06. The summed E-state index contributed by atoms with van der Waals surface area (Å²) >= 11 is 0.738. The standard InChI is InChI=1S/C21H27N5O7S2/c22-26(21-24-14-19(34-21)35(30)31)20(29)15-4-1-2-5-16(15)33-18(28)7-3-6-17(27)23-8-9-25-10-12-32-13-11-25/h1-2,4-5,14,35H,3,6-13,22H2,(H,23,27). The van der Waals surface area contributed by atoms with Crippen molar-refractivity contribution in [1.29, 1.82) is 0 Å². The maximum absolute atomic E-state index is 12.8. The van der Waals surface area contributed by atoms with Crippen molar-refractivity contribution < 1.29 is 32.3 Å². The number of aromatic nitrogens is 1. The van der Waals surface area contributed by atoms with Crippen LogP contribution in [0, 0.1) is 0 Å². The van der Waals surface area contributed by atoms with Crippen LogP contribution in [0.3, 0.4) is 0 Å². The van der Waals surface area contributed by atoms with E-state index >= 15 is 0 Å². The van der Waals surface area contributed by atoms with Crippen LogP contribution in [0.5, 0.6) is 5.75 Å². The summed E-state index contributed by atoms with van der Waals surface area (Å²) in [6.07, 6.45) is 1.54. The predicted octanol–water partition coefficient (Wildman–Crippen LogP) is 0.158. The largest absolute Gasteiger partial charge is 0.426 e. The van der Waals surface area contributed by atoms with Gasteiger partial charge in [0.1, 0.15) is 9.96 Å². The van der Waals surface area contributed by atoms with E-state index in [1.807, 2.05) is 0 Å². The van der Waals surface area contributed by atoms with Crippen molar-refractivity contribution in [2.45, 2.75) is 23.5 Å². The molecule has 0 radical (unpaired) electrons. The van der Waals surface area contributed by atoms with Crippen LogP contribution in [0.4, 0.5) is 5.13 Å². The predicted molar refractivity (Wildman–Crippen MR) is 128 cm³/mol. The molecule has 0 saturated carbocycles. The molecule has 12 nitrogen and oxygen atoms in total. The van der Waals surface area contributed by atoms with E-state index in [0.29, 0.717) is 24.8 Å². The van der Waals surface area contributed by atoms with Crippen LogP contribution in [0.25, 0.3) is 0 Å². The molecule has 0 bridgehead atoms. The summed E-state index contributed by atoms with van der Waals surface area (Å²) in [5, 5.41) is 3.51. The number of thiazole rings is 1. The molecule has 190 valence electrons. The second-order valence-electron chi connectivity index (χ2n) is 7.54. The van der Waals surface area contributed by atoms with Gasteiger partial charge in [-0.25, -0.2) is 24.3 Å². The summed E-state index contributed by atoms with van der Waals surface area (Å²) in [5.74, 6) is 4.35. The van der Waals surface area contributed by atoms with Crippen LogP contribution in [0.15, 0.2) is 34.7 Å². The number of ether oxygens (including phenoxy) is 2. The molecule has 2 amide bonds. The number of morpholine rings is 1. The van der Waals surface area contributed by atoms with Gasteiger partial charge in [0.2, 0.25) is 11.0 Å². The zero-order valence-electron chi connectivity index (χ0n) is 18.9. The first-order valence-electron chi connectivity index (χ1n) is 10.9. The van der Waals surface area contributed by atoms with E-state index in [0.717, 1.165) is 37.2 Å². The van der Waals surface area contributed by atoms with Crippen LogP contribution in [-0.4, -0.2) is 75.5 Å². The van der Waals surface area contributed by atoms with Crippen molar-refractivity contribution >= 4 is 45.0 Å². The highest BCUT2D eigenvalue weighted by atomic mass is 32.2. The number of thiol groups is 1. The fraction of sp³-hybridized carbons (Fsp3) is 0.429. The van der Waals surface area contributed by atoms with Crippen LogP contribution < -0.4 is 20.9 Å². The number of esters is 1. The number of nitrogens with one attached hydrogen (secondary N) is 1. The van der Waals surface area contributed by atoms with E-state index in [2.05, 4.69) is 15.2 Å². The number of benzene rings is 1. The van der Waals surface area contributed by atoms with E-state index in [-0.39, 0.29) is 45.8 Å². The van der Waals surface area contributed by atoms with E-state index in [4.69, 9.17) is 15.3 Å². The van der Waals surface area contributed by atoms with Crippen molar-refractivity contribution in [2.24, 2.45) is 5.84 Å². The highest BCUT2D eigenvalue weighted by Gasteiger charge is 2.22. The Hall–Kier alpha value is -2.91. The number of hydrazine groups is 1. The van der Waals surface area contributed by atoms with Crippen LogP contribution >= 0.6 is 11.3 Å². The molecule has 1 aliphatic heterocycles. The Morgan fingerprint density at radius 2 is 1.94 bits per heavy atom. The minimum absolute atomic E-state index is 0.000376. The van der Waals surface area contributed by atoms with E-state index in [1.165, 1.54) is 12.1 Å². The maximum Gasteiger partial charge on any atom is 0.311 e. The molecular weight excluding hydrogens is 498 g/mol. The van der Waals surface area contributed by atoms with Gasteiger partial charge in [0, 0.05) is 39.0 Å². The minimum atomic E-state index is -2.85. The summed E-state index contributed by atoms with van der Waals surface area (Å²) in [7, 11) is -2.85. The number of anilines is 1. The van der Waals surface area contributed by atoms with Crippen molar-refractivity contribution in [3.8, 4) is 5.75 Å². The summed E-state index contributed by atoms with van der Waals surface area (Å²) in [4.78, 5) is 43.2. The van der Waals surface area contributed by atoms with Gasteiger partial charge in [-0.2, -0.15) is 0 Å². The number of carbonyl (C=O) groups is 3. The molecule has 2 aromatic rings. The summed E-state index contributed by atoms with van der Waals surface area (Å²) < 4.78 is 32.7. The van der Waals surface area contributed by atoms with Gasteiger partial charge >= 0.3 is 5.97 Å². The zero-order chi connectivity index (χ0) is 25.2. The number of amides is 2. The number of nitrogens with two attached hydrogens (primary N) is 1. The summed E-state index contributed by atoms with van der Waals surface area (Å²) in [6.45, 7) is 4.37. The first-order valence-corrected chi connectivity index (χ1v) is 12.9. The molecule has 0 aliphatic carbocycles. The normalized spacial score (nSPS) is 14.0. The molecule has 3 N–H and O–H groups in total. The minimum Gasteiger partial charge on any atom is -0.426 e. The fourth-order valence-electron chi connectivity index (χ4n) is 3.23. The van der Waals surface area contributed by atoms with Gasteiger partial charge in [-0.05, 0) is 18.6 Å². The fourth-order valence-corrected chi connectivity index (χ4v) is 4.51. The Morgan fingerprint density at radius 1 is 1.20 bits per heavy atom. The molecule has 1 saturated heterocycles. The van der Waals surface area contributed by atoms with Gasteiger partial charge in [-0.3, -0.25) is 19.3 Å². The molecule has 1 fully saturated rings. The number of carbonyl (C=O) groups excluding carboxylic acids is 3. The van der Waals surface area contributed by atoms with E-state index in [1.54, 1.807) is 12.1 Å². The molecule has 1 aliphatic rings. The first kappa shape index (κ1) is 26.7. The Bertz CT molecular complexity index is 1110. The highest BCUT2D eigenvalue weighted by Crippen LogP contribution is 2.26. The van der Waals surface area contributed by atoms with Gasteiger partial charge in [0.25, 0.3) is 5.91 Å². The van der Waals surface area contributed by atoms with Crippen molar-refractivity contribution in [1.82, 2.24) is 15.2 Å². The lowest BCUT2D eigenvalue weighted by Gasteiger charge is -2.26. The summed E-state index contributed by atoms with van der Waals surface area (Å²) in [6, 6.07) is 6.03. The average molecular weight is 526 g/mol. The smallest absolute Gasteiger partial charge is 0.311 e. The summed E-state index contributed by atoms with van der Waals surface area (Å²) in [5.41, 5.74) is 0.00691. The average Bonchev–Trinajstić information content (AvgIpc) is 3.35. The Morgan fingerprint density at radius 3 is 2.66 bits per heavy atom. The number of hydrogen-bond donors (Lipinski definition) is 3. The number of rotatable bonds is 11. The quantitative estimate of drug-likeness (QED) is 0.0920. The van der Waals surface area contributed by atoms with Crippen molar-refractivity contribution in [3.63, 3.8) is 0 Å². The Balaban J connectivity index is 1.46. The van der Waals surface area contributed by atoms with Gasteiger partial charge in [-0.1, -0.05) is 23.5 Å². The van der Waals surface area contributed by atoms with Gasteiger partial charge in [0.15, 0.2) is 10.7 Å². The lowest BCUT2D eigenvalue weighted by molar-refractivity contribution is -0.134. The highest BCUT2D eigenvalue weighted by molar-refractivity contribution is 7.75. The van der Waals surface area contributed by atoms with Crippen LogP contribution in [0.1, 0.15) is 29.6 Å². The Kier molecular flexibility index (Phi) is 10.1. The van der Waals surface area contributed by atoms with Gasteiger partial charge in [-0.15, -0.1) is 0 Å². The molecule has 0 unspecified atom stereocenters. The second kappa shape index (κ2) is 13.3. The van der Waals surface area contributed by atoms with Crippen molar-refractivity contribution in [2.75, 3.05) is 44.4 Å². The SMILES string of the molecule is NN(C(=O)c1ccccc1OC(=O)CCCC(=O)NCCN1CCOCC1)c1ncc([SH](=O)=O)s1. The number of nitrogens with zero attached hydrogens (tertiary/aromatic N) is 3. The number of para-hydroxylation sites is 1. The first-order chi connectivity index (χ1) is 16.8. The lowest BCUT2D eigenvalue weighted by atomic mass is 10.2. The molecule has 1 aromatic carbocycles. The van der Waals surface area contributed by atoms with Crippen LogP contribution in [-0.2, 0) is 25.0 Å². The molecule has 35 heavy (non-hydrogen) atoms. The Labute approximate surface area is 207 Å². The third kappa shape index (κ3) is 8.07. The monoisotopic (exact) mass is 525 g/mol. The van der Waals surface area contributed by atoms with Crippen molar-refractivity contribution in [3.05, 3.63) is 36.0 Å². The molecule has 14 heteroatoms. The third-order valence-electron chi connectivity index (χ3n) is 5.07. The maximum atomic E-state index is 12.8. The van der Waals surface area contributed by atoms with Gasteiger partial charge in [0.05, 0.1) is 25.0 Å². The molecule has 0 spiro atoms. The van der Waals surface area contributed by atoms with Gasteiger partial charge < -0.3 is 14.8 Å². The lowest BCUT2D eigenvalue weighted by Crippen LogP contribution is -2.41.